The van der Waals surface area contributed by atoms with Crippen molar-refractivity contribution in [1.82, 2.24) is 42.5 Å². The zero-order valence-electron chi connectivity index (χ0n) is 39.5. The Hall–Kier alpha value is -6.65. The highest BCUT2D eigenvalue weighted by molar-refractivity contribution is 5.97. The summed E-state index contributed by atoms with van der Waals surface area (Å²) in [7, 11) is 0. The van der Waals surface area contributed by atoms with Gasteiger partial charge in [0, 0.05) is 12.8 Å². The van der Waals surface area contributed by atoms with Gasteiger partial charge in [0.2, 0.25) is 47.3 Å². The monoisotopic (exact) mass is 955 g/mol. The van der Waals surface area contributed by atoms with Crippen molar-refractivity contribution in [2.24, 2.45) is 23.3 Å². The number of carbonyl (C=O) groups excluding carboxylic acids is 8. The molecule has 2 aromatic rings. The number of rotatable bonds is 29. The van der Waals surface area contributed by atoms with E-state index in [9.17, 15) is 58.5 Å². The third-order valence-corrected chi connectivity index (χ3v) is 10.9. The molecule has 0 aromatic heterocycles. The predicted molar refractivity (Wildman–Crippen MR) is 250 cm³/mol. The number of carbonyl (C=O) groups is 9. The van der Waals surface area contributed by atoms with Gasteiger partial charge in [0.05, 0.1) is 25.2 Å². The molecule has 0 radical (unpaired) electrons. The summed E-state index contributed by atoms with van der Waals surface area (Å²) in [5.41, 5.74) is 12.6. The molecule has 68 heavy (non-hydrogen) atoms. The maximum Gasteiger partial charge on any atom is 0.328 e. The van der Waals surface area contributed by atoms with Crippen LogP contribution in [0.1, 0.15) is 78.4 Å². The number of hydrogen-bond donors (Lipinski definition) is 13. The van der Waals surface area contributed by atoms with Gasteiger partial charge in [-0.15, -0.1) is 0 Å². The number of aliphatic hydroxyl groups excluding tert-OH is 1. The maximum absolute atomic E-state index is 14.0. The molecule has 22 nitrogen and oxygen atoms in total. The van der Waals surface area contributed by atoms with E-state index in [1.807, 2.05) is 0 Å². The van der Waals surface area contributed by atoms with Crippen LogP contribution in [0.2, 0.25) is 0 Å². The Morgan fingerprint density at radius 2 is 1.06 bits per heavy atom. The molecule has 376 valence electrons. The molecule has 0 fully saturated rings. The Balaban J connectivity index is 2.28. The Morgan fingerprint density at radius 1 is 0.574 bits per heavy atom. The first kappa shape index (κ1) is 57.5. The summed E-state index contributed by atoms with van der Waals surface area (Å²) >= 11 is 0. The SMILES string of the molecule is CC[C@H](C)[C@H](NC(=O)CNC(=O)[C@H](CCCCN)NC(=O)[C@H](Cc1ccccc1)NC(=O)[C@@H](NC(=O)[C@H](C)N)C(C)C)C(=O)N[C@@H](Cc1ccc(O)cc1)C(=O)NCC(=O)N[C@H](C(=O)O)[C@@H](C)O. The highest BCUT2D eigenvalue weighted by Gasteiger charge is 2.34. The van der Waals surface area contributed by atoms with Crippen molar-refractivity contribution in [3.63, 3.8) is 0 Å². The summed E-state index contributed by atoms with van der Waals surface area (Å²) in [4.78, 5) is 119. The lowest BCUT2D eigenvalue weighted by Crippen LogP contribution is -2.59. The molecule has 0 saturated heterocycles. The van der Waals surface area contributed by atoms with E-state index in [1.54, 1.807) is 58.0 Å². The molecule has 0 aliphatic carbocycles. The second kappa shape index (κ2) is 29.2. The topological polar surface area (TPSA) is 363 Å². The summed E-state index contributed by atoms with van der Waals surface area (Å²) < 4.78 is 0. The number of unbranched alkanes of at least 4 members (excludes halogenated alkanes) is 1. The largest absolute Gasteiger partial charge is 0.508 e. The standard InChI is InChI=1S/C46H70N10O12/c1-7-26(4)38(45(66)52-33(22-30-16-18-31(58)19-17-30)42(63)50-24-36(60)55-39(28(6)57)46(67)68)54-35(59)23-49-41(62)32(15-11-12-20-47)51-43(64)34(21-29-13-9-8-10-14-29)53-44(65)37(25(2)3)56-40(61)27(5)48/h8-10,13-14,16-19,25-28,32-34,37-39,57-58H,7,11-12,15,20-24,47-48H2,1-6H3,(H,49,62)(H,50,63)(H,51,64)(H,52,66)(H,53,65)(H,54,59)(H,55,60)(H,56,61)(H,67,68)/t26-,27-,28+,32-,33-,34-,37-,38-,39-/m0/s1. The number of benzene rings is 2. The van der Waals surface area contributed by atoms with Crippen LogP contribution >= 0.6 is 0 Å². The Kier molecular flexibility index (Phi) is 24.7. The van der Waals surface area contributed by atoms with Gasteiger partial charge in [-0.2, -0.15) is 0 Å². The molecule has 0 unspecified atom stereocenters. The number of aromatic hydroxyl groups is 1. The van der Waals surface area contributed by atoms with Crippen LogP contribution in [0.15, 0.2) is 54.6 Å². The lowest BCUT2D eigenvalue weighted by molar-refractivity contribution is -0.144. The van der Waals surface area contributed by atoms with Crippen LogP contribution in [0, 0.1) is 11.8 Å². The molecule has 0 aliphatic rings. The van der Waals surface area contributed by atoms with Crippen molar-refractivity contribution in [2.45, 2.75) is 128 Å². The van der Waals surface area contributed by atoms with E-state index in [2.05, 4.69) is 42.5 Å². The highest BCUT2D eigenvalue weighted by atomic mass is 16.4. The highest BCUT2D eigenvalue weighted by Crippen LogP contribution is 2.14. The number of phenols is 1. The predicted octanol–water partition coefficient (Wildman–Crippen LogP) is -2.04. The quantitative estimate of drug-likeness (QED) is 0.0391. The van der Waals surface area contributed by atoms with E-state index >= 15 is 0 Å². The molecule has 9 atom stereocenters. The molecule has 0 bridgehead atoms. The number of aliphatic carboxylic acids is 1. The molecule has 15 N–H and O–H groups in total. The van der Waals surface area contributed by atoms with Gasteiger partial charge < -0.3 is 69.3 Å². The third-order valence-electron chi connectivity index (χ3n) is 10.9. The number of carboxylic acids is 1. The molecular weight excluding hydrogens is 885 g/mol. The number of aliphatic hydroxyl groups is 1. The summed E-state index contributed by atoms with van der Waals surface area (Å²) in [6.07, 6.45) is -0.190. The molecule has 0 spiro atoms. The fourth-order valence-electron chi connectivity index (χ4n) is 6.63. The van der Waals surface area contributed by atoms with Gasteiger partial charge in [-0.3, -0.25) is 38.4 Å². The number of nitrogens with two attached hydrogens (primary N) is 2. The zero-order valence-corrected chi connectivity index (χ0v) is 39.5. The first-order valence-corrected chi connectivity index (χ1v) is 22.6. The van der Waals surface area contributed by atoms with Crippen molar-refractivity contribution in [1.29, 1.82) is 0 Å². The lowest BCUT2D eigenvalue weighted by Gasteiger charge is -2.28. The molecule has 8 amide bonds. The fourth-order valence-corrected chi connectivity index (χ4v) is 6.63. The maximum atomic E-state index is 14.0. The molecule has 22 heteroatoms. The van der Waals surface area contributed by atoms with Gasteiger partial charge in [-0.1, -0.05) is 76.6 Å². The molecule has 2 rings (SSSR count). The number of nitrogens with one attached hydrogen (secondary N) is 8. The first-order valence-electron chi connectivity index (χ1n) is 22.6. The number of carboxylic acid groups (broad SMARTS) is 1. The van der Waals surface area contributed by atoms with E-state index in [4.69, 9.17) is 11.5 Å². The molecular formula is C46H70N10O12. The number of amides is 8. The second-order valence-corrected chi connectivity index (χ2v) is 17.0. The smallest absolute Gasteiger partial charge is 0.328 e. The molecule has 0 saturated carbocycles. The van der Waals surface area contributed by atoms with Gasteiger partial charge in [0.1, 0.15) is 36.0 Å². The molecule has 2 aromatic carbocycles. The summed E-state index contributed by atoms with van der Waals surface area (Å²) in [5, 5.41) is 49.0. The second-order valence-electron chi connectivity index (χ2n) is 17.0. The van der Waals surface area contributed by atoms with Gasteiger partial charge in [0.15, 0.2) is 6.04 Å². The van der Waals surface area contributed by atoms with Gasteiger partial charge in [0.25, 0.3) is 0 Å². The van der Waals surface area contributed by atoms with Gasteiger partial charge in [-0.05, 0) is 74.8 Å². The van der Waals surface area contributed by atoms with Crippen LogP contribution in [0.5, 0.6) is 5.75 Å². The summed E-state index contributed by atoms with van der Waals surface area (Å²) in [6.45, 7) is 8.44. The van der Waals surface area contributed by atoms with Crippen molar-refractivity contribution >= 4 is 53.2 Å². The van der Waals surface area contributed by atoms with Gasteiger partial charge in [-0.25, -0.2) is 4.79 Å². The minimum atomic E-state index is -1.65. The molecule has 0 heterocycles. The van der Waals surface area contributed by atoms with Gasteiger partial charge >= 0.3 is 5.97 Å². The number of hydrogen-bond acceptors (Lipinski definition) is 13. The minimum absolute atomic E-state index is 0.0209. The van der Waals surface area contributed by atoms with Crippen LogP contribution in [-0.4, -0.2) is 137 Å². The normalized spacial score (nSPS) is 15.0. The van der Waals surface area contributed by atoms with E-state index in [1.165, 1.54) is 31.2 Å². The van der Waals surface area contributed by atoms with Crippen LogP contribution in [-0.2, 0) is 56.0 Å². The fraction of sp³-hybridized carbons (Fsp3) is 0.543. The zero-order chi connectivity index (χ0) is 51.1. The van der Waals surface area contributed by atoms with Crippen molar-refractivity contribution in [3.8, 4) is 5.75 Å². The van der Waals surface area contributed by atoms with Crippen LogP contribution < -0.4 is 54.0 Å². The average Bonchev–Trinajstić information content (AvgIpc) is 3.29. The third kappa shape index (κ3) is 20.1. The number of phenolic OH excluding ortho intramolecular Hbond substituents is 1. The first-order chi connectivity index (χ1) is 32.1. The summed E-state index contributed by atoms with van der Waals surface area (Å²) in [5.74, 6) is -8.53. The Bertz CT molecular complexity index is 2000. The van der Waals surface area contributed by atoms with E-state index in [0.717, 1.165) is 6.92 Å². The van der Waals surface area contributed by atoms with Crippen molar-refractivity contribution in [3.05, 3.63) is 65.7 Å². The Labute approximate surface area is 396 Å². The van der Waals surface area contributed by atoms with E-state index in [0.29, 0.717) is 36.9 Å². The average molecular weight is 955 g/mol. The van der Waals surface area contributed by atoms with Crippen molar-refractivity contribution in [2.75, 3.05) is 19.6 Å². The minimum Gasteiger partial charge on any atom is -0.508 e. The Morgan fingerprint density at radius 3 is 1.54 bits per heavy atom. The van der Waals surface area contributed by atoms with Crippen LogP contribution in [0.4, 0.5) is 0 Å². The van der Waals surface area contributed by atoms with E-state index in [-0.39, 0.29) is 30.9 Å². The van der Waals surface area contributed by atoms with Crippen LogP contribution in [0.3, 0.4) is 0 Å². The van der Waals surface area contributed by atoms with Crippen molar-refractivity contribution < 1.29 is 58.5 Å². The molecule has 0 aliphatic heterocycles. The van der Waals surface area contributed by atoms with Crippen LogP contribution in [0.25, 0.3) is 0 Å². The lowest BCUT2D eigenvalue weighted by atomic mass is 9.97. The van der Waals surface area contributed by atoms with E-state index < -0.39 is 121 Å². The summed E-state index contributed by atoms with van der Waals surface area (Å²) in [6, 6.07) is 5.94.